The van der Waals surface area contributed by atoms with Crippen molar-refractivity contribution in [3.8, 4) is 11.1 Å². The third-order valence-corrected chi connectivity index (χ3v) is 4.44. The minimum absolute atomic E-state index is 0.0435. The number of rotatable bonds is 6. The minimum Gasteiger partial charge on any atom is -0.462 e. The smallest absolute Gasteiger partial charge is 0.338 e. The van der Waals surface area contributed by atoms with Crippen molar-refractivity contribution in [3.63, 3.8) is 0 Å². The fourth-order valence-corrected chi connectivity index (χ4v) is 2.27. The molecule has 0 aliphatic heterocycles. The van der Waals surface area contributed by atoms with E-state index in [-0.39, 0.29) is 30.5 Å². The number of esters is 2. The summed E-state index contributed by atoms with van der Waals surface area (Å²) in [5.74, 6) is -0.922. The molecule has 0 amide bonds. The molecule has 1 unspecified atom stereocenters. The quantitative estimate of drug-likeness (QED) is 0.555. The molecule has 0 saturated carbocycles. The number of benzene rings is 2. The van der Waals surface area contributed by atoms with Crippen molar-refractivity contribution < 1.29 is 19.1 Å². The SMILES string of the molecule is CC(C(=O)OCCOC(=O)c1ccc(-c2ccccc2)cc1)C(C)(C)C. The molecule has 4 heteroatoms. The maximum absolute atomic E-state index is 12.1. The van der Waals surface area contributed by atoms with Crippen LogP contribution in [0.15, 0.2) is 54.6 Å². The zero-order valence-corrected chi connectivity index (χ0v) is 15.8. The summed E-state index contributed by atoms with van der Waals surface area (Å²) in [7, 11) is 0. The first-order valence-electron chi connectivity index (χ1n) is 8.78. The highest BCUT2D eigenvalue weighted by Gasteiger charge is 2.27. The Balaban J connectivity index is 1.81. The molecule has 0 aromatic heterocycles. The van der Waals surface area contributed by atoms with Crippen molar-refractivity contribution in [1.82, 2.24) is 0 Å². The molecule has 0 saturated heterocycles. The summed E-state index contributed by atoms with van der Waals surface area (Å²) in [4.78, 5) is 24.0. The molecule has 0 radical (unpaired) electrons. The molecular formula is C22H26O4. The maximum Gasteiger partial charge on any atom is 0.338 e. The molecule has 0 N–H and O–H groups in total. The zero-order chi connectivity index (χ0) is 19.2. The highest BCUT2D eigenvalue weighted by atomic mass is 16.6. The second-order valence-electron chi connectivity index (χ2n) is 7.33. The van der Waals surface area contributed by atoms with Crippen molar-refractivity contribution in [2.75, 3.05) is 13.2 Å². The third-order valence-electron chi connectivity index (χ3n) is 4.44. The molecule has 1 atom stereocenters. The van der Waals surface area contributed by atoms with Crippen LogP contribution in [-0.2, 0) is 14.3 Å². The summed E-state index contributed by atoms with van der Waals surface area (Å²) < 4.78 is 10.4. The van der Waals surface area contributed by atoms with Crippen molar-refractivity contribution in [1.29, 1.82) is 0 Å². The van der Waals surface area contributed by atoms with Gasteiger partial charge in [-0.15, -0.1) is 0 Å². The molecule has 138 valence electrons. The number of ether oxygens (including phenoxy) is 2. The van der Waals surface area contributed by atoms with Gasteiger partial charge in [0.2, 0.25) is 0 Å². The summed E-state index contributed by atoms with van der Waals surface area (Å²) >= 11 is 0. The highest BCUT2D eigenvalue weighted by molar-refractivity contribution is 5.90. The lowest BCUT2D eigenvalue weighted by molar-refractivity contribution is -0.152. The van der Waals surface area contributed by atoms with E-state index in [2.05, 4.69) is 0 Å². The largest absolute Gasteiger partial charge is 0.462 e. The van der Waals surface area contributed by atoms with Crippen molar-refractivity contribution in [2.24, 2.45) is 11.3 Å². The summed E-state index contributed by atoms with van der Waals surface area (Å²) in [5, 5.41) is 0. The molecule has 26 heavy (non-hydrogen) atoms. The predicted molar refractivity (Wildman–Crippen MR) is 102 cm³/mol. The van der Waals surface area contributed by atoms with Crippen LogP contribution in [-0.4, -0.2) is 25.2 Å². The normalized spacial score (nSPS) is 12.3. The Morgan fingerprint density at radius 3 is 1.96 bits per heavy atom. The Morgan fingerprint density at radius 1 is 0.846 bits per heavy atom. The van der Waals surface area contributed by atoms with E-state index in [0.717, 1.165) is 11.1 Å². The Morgan fingerprint density at radius 2 is 1.38 bits per heavy atom. The van der Waals surface area contributed by atoms with Gasteiger partial charge in [-0.25, -0.2) is 4.79 Å². The van der Waals surface area contributed by atoms with Crippen LogP contribution >= 0.6 is 0 Å². The fraction of sp³-hybridized carbons (Fsp3) is 0.364. The maximum atomic E-state index is 12.1. The van der Waals surface area contributed by atoms with Crippen LogP contribution in [0.1, 0.15) is 38.1 Å². The van der Waals surface area contributed by atoms with Crippen LogP contribution in [0.5, 0.6) is 0 Å². The van der Waals surface area contributed by atoms with E-state index in [9.17, 15) is 9.59 Å². The van der Waals surface area contributed by atoms with E-state index in [1.165, 1.54) is 0 Å². The average molecular weight is 354 g/mol. The highest BCUT2D eigenvalue weighted by Crippen LogP contribution is 2.26. The number of carbonyl (C=O) groups is 2. The predicted octanol–water partition coefficient (Wildman–Crippen LogP) is 4.74. The van der Waals surface area contributed by atoms with E-state index in [0.29, 0.717) is 5.56 Å². The van der Waals surface area contributed by atoms with Crippen molar-refractivity contribution in [3.05, 3.63) is 60.2 Å². The Labute approximate surface area is 155 Å². The molecule has 2 aromatic rings. The molecule has 2 rings (SSSR count). The Bertz CT molecular complexity index is 727. The monoisotopic (exact) mass is 354 g/mol. The van der Waals surface area contributed by atoms with Crippen LogP contribution in [0.3, 0.4) is 0 Å². The fourth-order valence-electron chi connectivity index (χ4n) is 2.27. The first kappa shape index (κ1) is 19.7. The lowest BCUT2D eigenvalue weighted by Gasteiger charge is -2.25. The molecule has 0 spiro atoms. The molecule has 4 nitrogen and oxygen atoms in total. The van der Waals surface area contributed by atoms with Crippen LogP contribution in [0, 0.1) is 11.3 Å². The molecule has 0 fully saturated rings. The van der Waals surface area contributed by atoms with Crippen molar-refractivity contribution in [2.45, 2.75) is 27.7 Å². The number of hydrogen-bond acceptors (Lipinski definition) is 4. The third kappa shape index (κ3) is 5.45. The Hall–Kier alpha value is -2.62. The molecular weight excluding hydrogens is 328 g/mol. The van der Waals surface area contributed by atoms with Gasteiger partial charge in [-0.3, -0.25) is 4.79 Å². The van der Waals surface area contributed by atoms with Crippen LogP contribution < -0.4 is 0 Å². The van der Waals surface area contributed by atoms with Gasteiger partial charge < -0.3 is 9.47 Å². The molecule has 0 heterocycles. The lowest BCUT2D eigenvalue weighted by Crippen LogP contribution is -2.28. The summed E-state index contributed by atoms with van der Waals surface area (Å²) in [6, 6.07) is 17.2. The van der Waals surface area contributed by atoms with Crippen molar-refractivity contribution >= 4 is 11.9 Å². The standard InChI is InChI=1S/C22H26O4/c1-16(22(2,3)4)20(23)25-14-15-26-21(24)19-12-10-18(11-13-19)17-8-6-5-7-9-17/h5-13,16H,14-15H2,1-4H3. The number of hydrogen-bond donors (Lipinski definition) is 0. The first-order valence-corrected chi connectivity index (χ1v) is 8.78. The van der Waals surface area contributed by atoms with Gasteiger partial charge in [-0.1, -0.05) is 70.2 Å². The van der Waals surface area contributed by atoms with E-state index in [4.69, 9.17) is 9.47 Å². The van der Waals surface area contributed by atoms with Crippen LogP contribution in [0.25, 0.3) is 11.1 Å². The second-order valence-corrected chi connectivity index (χ2v) is 7.33. The molecule has 0 aliphatic rings. The Kier molecular flexibility index (Phi) is 6.56. The van der Waals surface area contributed by atoms with Gasteiger partial charge in [0.25, 0.3) is 0 Å². The van der Waals surface area contributed by atoms with E-state index in [1.54, 1.807) is 12.1 Å². The second kappa shape index (κ2) is 8.65. The number of carbonyl (C=O) groups excluding carboxylic acids is 2. The van der Waals surface area contributed by atoms with Gasteiger partial charge in [0, 0.05) is 0 Å². The van der Waals surface area contributed by atoms with E-state index >= 15 is 0 Å². The lowest BCUT2D eigenvalue weighted by atomic mass is 9.82. The molecule has 0 aliphatic carbocycles. The summed E-state index contributed by atoms with van der Waals surface area (Å²) in [6.45, 7) is 7.89. The zero-order valence-electron chi connectivity index (χ0n) is 15.8. The van der Waals surface area contributed by atoms with Gasteiger partial charge in [0.05, 0.1) is 11.5 Å². The minimum atomic E-state index is -0.426. The molecule has 2 aromatic carbocycles. The van der Waals surface area contributed by atoms with E-state index < -0.39 is 5.97 Å². The first-order chi connectivity index (χ1) is 12.3. The van der Waals surface area contributed by atoms with Gasteiger partial charge >= 0.3 is 11.9 Å². The molecule has 0 bridgehead atoms. The van der Waals surface area contributed by atoms with Crippen LogP contribution in [0.4, 0.5) is 0 Å². The topological polar surface area (TPSA) is 52.6 Å². The van der Waals surface area contributed by atoms with Gasteiger partial charge in [0.15, 0.2) is 0 Å². The average Bonchev–Trinajstić information content (AvgIpc) is 2.64. The van der Waals surface area contributed by atoms with Crippen LogP contribution in [0.2, 0.25) is 0 Å². The van der Waals surface area contributed by atoms with E-state index in [1.807, 2.05) is 70.2 Å². The van der Waals surface area contributed by atoms with Gasteiger partial charge in [-0.05, 0) is 28.7 Å². The van der Waals surface area contributed by atoms with Gasteiger partial charge in [-0.2, -0.15) is 0 Å². The summed E-state index contributed by atoms with van der Waals surface area (Å²) in [6.07, 6.45) is 0. The van der Waals surface area contributed by atoms with Gasteiger partial charge in [0.1, 0.15) is 13.2 Å². The summed E-state index contributed by atoms with van der Waals surface area (Å²) in [5.41, 5.74) is 2.44.